The Balaban J connectivity index is 5.04. The molecule has 1 atom stereocenters. The van der Waals surface area contributed by atoms with Gasteiger partial charge in [-0.25, -0.2) is 0 Å². The second-order valence-electron chi connectivity index (χ2n) is 3.25. The maximum atomic E-state index is 12.3. The molecule has 0 fully saturated rings. The molecule has 16 heavy (non-hydrogen) atoms. The summed E-state index contributed by atoms with van der Waals surface area (Å²) >= 11 is 0. The number of hydrogen-bond donors (Lipinski definition) is 1. The van der Waals surface area contributed by atoms with Gasteiger partial charge in [0, 0.05) is 6.04 Å². The van der Waals surface area contributed by atoms with Crippen molar-refractivity contribution in [1.82, 2.24) is 5.32 Å². The van der Waals surface area contributed by atoms with E-state index >= 15 is 0 Å². The summed E-state index contributed by atoms with van der Waals surface area (Å²) in [5.41, 5.74) is 0. The summed E-state index contributed by atoms with van der Waals surface area (Å²) < 4.78 is 73.9. The van der Waals surface area contributed by atoms with Gasteiger partial charge in [-0.05, 0) is 13.0 Å². The Morgan fingerprint density at radius 2 is 1.56 bits per heavy atom. The van der Waals surface area contributed by atoms with Crippen molar-refractivity contribution in [2.24, 2.45) is 5.92 Å². The Bertz CT molecular complexity index is 205. The Morgan fingerprint density at radius 1 is 1.12 bits per heavy atom. The summed E-state index contributed by atoms with van der Waals surface area (Å²) in [5.74, 6) is -3.36. The smallest absolute Gasteiger partial charge is 0.313 e. The zero-order valence-electron chi connectivity index (χ0n) is 8.62. The van der Waals surface area contributed by atoms with Gasteiger partial charge < -0.3 is 5.32 Å². The molecule has 0 saturated carbocycles. The van der Waals surface area contributed by atoms with Crippen LogP contribution in [0.3, 0.4) is 0 Å². The Kier molecular flexibility index (Phi) is 5.31. The lowest BCUT2D eigenvalue weighted by Crippen LogP contribution is -2.50. The molecule has 0 bridgehead atoms. The third-order valence-electron chi connectivity index (χ3n) is 1.99. The summed E-state index contributed by atoms with van der Waals surface area (Å²) in [5, 5.41) is 2.19. The van der Waals surface area contributed by atoms with Crippen molar-refractivity contribution in [2.45, 2.75) is 31.7 Å². The van der Waals surface area contributed by atoms with Crippen LogP contribution in [0.2, 0.25) is 0 Å². The van der Waals surface area contributed by atoms with Gasteiger partial charge in [-0.15, -0.1) is 6.58 Å². The number of hydrogen-bond acceptors (Lipinski definition) is 1. The molecule has 96 valence electrons. The molecule has 0 aromatic rings. The van der Waals surface area contributed by atoms with Gasteiger partial charge in [-0.2, -0.15) is 26.3 Å². The second-order valence-corrected chi connectivity index (χ2v) is 3.25. The minimum absolute atomic E-state index is 0.0289. The fourth-order valence-corrected chi connectivity index (χ4v) is 1.42. The molecule has 0 amide bonds. The third kappa shape index (κ3) is 4.42. The second kappa shape index (κ2) is 5.56. The van der Waals surface area contributed by atoms with Crippen LogP contribution in [0.4, 0.5) is 26.3 Å². The average Bonchev–Trinajstić information content (AvgIpc) is 1.99. The third-order valence-corrected chi connectivity index (χ3v) is 1.99. The first-order valence-corrected chi connectivity index (χ1v) is 4.62. The standard InChI is InChI=1S/C9H13F6N/c1-3-5-6(16-4-2)7(8(10,11)12)9(13,14)15/h3,6-7,16H,1,4-5H2,2H3. The van der Waals surface area contributed by atoms with Crippen LogP contribution in [0, 0.1) is 5.92 Å². The largest absolute Gasteiger partial charge is 0.402 e. The van der Waals surface area contributed by atoms with E-state index in [9.17, 15) is 26.3 Å². The summed E-state index contributed by atoms with van der Waals surface area (Å²) in [7, 11) is 0. The first-order valence-electron chi connectivity index (χ1n) is 4.62. The molecule has 0 aromatic heterocycles. The van der Waals surface area contributed by atoms with E-state index in [0.717, 1.165) is 6.08 Å². The van der Waals surface area contributed by atoms with E-state index < -0.39 is 30.7 Å². The van der Waals surface area contributed by atoms with Gasteiger partial charge in [0.1, 0.15) is 0 Å². The van der Waals surface area contributed by atoms with Crippen molar-refractivity contribution in [1.29, 1.82) is 0 Å². The van der Waals surface area contributed by atoms with Gasteiger partial charge >= 0.3 is 12.4 Å². The molecule has 0 radical (unpaired) electrons. The van der Waals surface area contributed by atoms with Crippen molar-refractivity contribution >= 4 is 0 Å². The molecule has 0 spiro atoms. The van der Waals surface area contributed by atoms with Gasteiger partial charge in [-0.3, -0.25) is 0 Å². The zero-order chi connectivity index (χ0) is 13.0. The van der Waals surface area contributed by atoms with Gasteiger partial charge in [0.2, 0.25) is 0 Å². The van der Waals surface area contributed by atoms with Crippen LogP contribution in [-0.2, 0) is 0 Å². The van der Waals surface area contributed by atoms with E-state index in [2.05, 4.69) is 11.9 Å². The Labute approximate surface area is 89.5 Å². The maximum absolute atomic E-state index is 12.3. The molecule has 0 aliphatic heterocycles. The van der Waals surface area contributed by atoms with Crippen molar-refractivity contribution in [3.05, 3.63) is 12.7 Å². The van der Waals surface area contributed by atoms with Crippen LogP contribution in [0.5, 0.6) is 0 Å². The molecule has 1 nitrogen and oxygen atoms in total. The highest BCUT2D eigenvalue weighted by Crippen LogP contribution is 2.42. The fraction of sp³-hybridized carbons (Fsp3) is 0.778. The fourth-order valence-electron chi connectivity index (χ4n) is 1.42. The van der Waals surface area contributed by atoms with E-state index in [1.807, 2.05) is 0 Å². The van der Waals surface area contributed by atoms with E-state index in [0.29, 0.717) is 0 Å². The topological polar surface area (TPSA) is 12.0 Å². The van der Waals surface area contributed by atoms with Crippen LogP contribution < -0.4 is 5.32 Å². The molecule has 1 N–H and O–H groups in total. The molecule has 0 aromatic carbocycles. The van der Waals surface area contributed by atoms with Crippen molar-refractivity contribution in [3.8, 4) is 0 Å². The first-order chi connectivity index (χ1) is 7.14. The summed E-state index contributed by atoms with van der Waals surface area (Å²) in [6, 6.07) is -1.72. The normalized spacial score (nSPS) is 15.2. The van der Waals surface area contributed by atoms with Crippen LogP contribution in [0.1, 0.15) is 13.3 Å². The average molecular weight is 249 g/mol. The molecule has 1 unspecified atom stereocenters. The van der Waals surface area contributed by atoms with Crippen molar-refractivity contribution in [3.63, 3.8) is 0 Å². The molecular formula is C9H13F6N. The molecule has 0 heterocycles. The van der Waals surface area contributed by atoms with Crippen molar-refractivity contribution in [2.75, 3.05) is 6.54 Å². The lowest BCUT2D eigenvalue weighted by atomic mass is 9.95. The minimum Gasteiger partial charge on any atom is -0.313 e. The highest BCUT2D eigenvalue weighted by molar-refractivity contribution is 4.90. The van der Waals surface area contributed by atoms with Gasteiger partial charge in [0.05, 0.1) is 0 Å². The van der Waals surface area contributed by atoms with E-state index in [-0.39, 0.29) is 6.54 Å². The van der Waals surface area contributed by atoms with Crippen LogP contribution >= 0.6 is 0 Å². The Morgan fingerprint density at radius 3 is 1.81 bits per heavy atom. The van der Waals surface area contributed by atoms with Gasteiger partial charge in [0.15, 0.2) is 5.92 Å². The predicted octanol–water partition coefficient (Wildman–Crippen LogP) is 3.28. The van der Waals surface area contributed by atoms with Gasteiger partial charge in [0.25, 0.3) is 0 Å². The number of nitrogens with one attached hydrogen (secondary N) is 1. The maximum Gasteiger partial charge on any atom is 0.402 e. The zero-order valence-corrected chi connectivity index (χ0v) is 8.62. The lowest BCUT2D eigenvalue weighted by molar-refractivity contribution is -0.291. The number of halogens is 6. The minimum atomic E-state index is -5.31. The van der Waals surface area contributed by atoms with E-state index in [1.165, 1.54) is 6.92 Å². The number of rotatable bonds is 5. The first kappa shape index (κ1) is 15.3. The predicted molar refractivity (Wildman–Crippen MR) is 47.9 cm³/mol. The van der Waals surface area contributed by atoms with Crippen LogP contribution in [0.25, 0.3) is 0 Å². The van der Waals surface area contributed by atoms with Crippen LogP contribution in [0.15, 0.2) is 12.7 Å². The van der Waals surface area contributed by atoms with E-state index in [1.54, 1.807) is 0 Å². The molecular weight excluding hydrogens is 236 g/mol. The molecule has 0 rings (SSSR count). The SMILES string of the molecule is C=CCC(NCC)C(C(F)(F)F)C(F)(F)F. The van der Waals surface area contributed by atoms with Crippen molar-refractivity contribution < 1.29 is 26.3 Å². The summed E-state index contributed by atoms with van der Waals surface area (Å²) in [6.07, 6.45) is -9.97. The lowest BCUT2D eigenvalue weighted by Gasteiger charge is -2.30. The van der Waals surface area contributed by atoms with Gasteiger partial charge in [-0.1, -0.05) is 13.0 Å². The molecule has 0 aliphatic carbocycles. The van der Waals surface area contributed by atoms with Crippen LogP contribution in [-0.4, -0.2) is 24.9 Å². The molecule has 7 heteroatoms. The summed E-state index contributed by atoms with van der Waals surface area (Å²) in [4.78, 5) is 0. The summed E-state index contributed by atoms with van der Waals surface area (Å²) in [6.45, 7) is 4.63. The highest BCUT2D eigenvalue weighted by atomic mass is 19.4. The highest BCUT2D eigenvalue weighted by Gasteiger charge is 2.59. The van der Waals surface area contributed by atoms with E-state index in [4.69, 9.17) is 0 Å². The quantitative estimate of drug-likeness (QED) is 0.582. The molecule has 0 saturated heterocycles. The monoisotopic (exact) mass is 249 g/mol. The molecule has 0 aliphatic rings. The number of alkyl halides is 6. The Hall–Kier alpha value is -0.720.